The molecule has 0 heterocycles. The molecular formula is C8H10Br2N2O4. The van der Waals surface area contributed by atoms with Gasteiger partial charge in [0, 0.05) is 18.8 Å². The van der Waals surface area contributed by atoms with Crippen molar-refractivity contribution in [3.63, 3.8) is 0 Å². The number of allylic oxidation sites excluding steroid dienone is 1. The average molecular weight is 358 g/mol. The van der Waals surface area contributed by atoms with Gasteiger partial charge in [0.1, 0.15) is 11.4 Å². The van der Waals surface area contributed by atoms with E-state index in [1.165, 1.54) is 18.8 Å². The Labute approximate surface area is 109 Å². The van der Waals surface area contributed by atoms with Crippen molar-refractivity contribution in [1.82, 2.24) is 5.48 Å². The van der Waals surface area contributed by atoms with E-state index < -0.39 is 11.9 Å². The lowest BCUT2D eigenvalue weighted by atomic mass is 10.3. The van der Waals surface area contributed by atoms with Gasteiger partial charge in [0.05, 0.1) is 5.33 Å². The van der Waals surface area contributed by atoms with Gasteiger partial charge in [0.2, 0.25) is 0 Å². The third kappa shape index (κ3) is 6.57. The maximum absolute atomic E-state index is 10.6. The Morgan fingerprint density at radius 1 is 1.38 bits per heavy atom. The molecule has 0 radical (unpaired) electrons. The van der Waals surface area contributed by atoms with Crippen LogP contribution in [0.1, 0.15) is 13.8 Å². The fourth-order valence-electron chi connectivity index (χ4n) is 0.536. The molecule has 0 rings (SSSR count). The van der Waals surface area contributed by atoms with Gasteiger partial charge in [-0.25, -0.2) is 10.3 Å². The summed E-state index contributed by atoms with van der Waals surface area (Å²) in [6.45, 7) is 2.47. The smallest absolute Gasteiger partial charge is 0.331 e. The first-order chi connectivity index (χ1) is 7.51. The third-order valence-corrected chi connectivity index (χ3v) is 2.12. The summed E-state index contributed by atoms with van der Waals surface area (Å²) in [7, 11) is 0. The summed E-state index contributed by atoms with van der Waals surface area (Å²) in [6, 6.07) is 0. The van der Waals surface area contributed by atoms with E-state index in [4.69, 9.17) is 0 Å². The SMILES string of the molecule is CC(=O)O/N=C(/CBr)C(=CBr)NOC(C)=O. The molecular weight excluding hydrogens is 348 g/mol. The number of hydrogen-bond donors (Lipinski definition) is 1. The highest BCUT2D eigenvalue weighted by Gasteiger charge is 2.08. The molecule has 0 unspecified atom stereocenters. The Balaban J connectivity index is 4.57. The molecule has 0 amide bonds. The summed E-state index contributed by atoms with van der Waals surface area (Å²) in [6.07, 6.45) is 0. The van der Waals surface area contributed by atoms with Gasteiger partial charge in [-0.15, -0.1) is 0 Å². The first-order valence-electron chi connectivity index (χ1n) is 4.05. The molecule has 0 atom stereocenters. The van der Waals surface area contributed by atoms with Crippen LogP contribution in [0.2, 0.25) is 0 Å². The highest BCUT2D eigenvalue weighted by Crippen LogP contribution is 2.03. The van der Waals surface area contributed by atoms with E-state index in [2.05, 4.69) is 52.2 Å². The summed E-state index contributed by atoms with van der Waals surface area (Å²) in [5, 5.41) is 3.87. The minimum Gasteiger partial charge on any atom is -0.344 e. The molecule has 0 fully saturated rings. The molecule has 0 aromatic carbocycles. The van der Waals surface area contributed by atoms with Crippen LogP contribution in [0.4, 0.5) is 0 Å². The monoisotopic (exact) mass is 356 g/mol. The van der Waals surface area contributed by atoms with E-state index in [1.807, 2.05) is 0 Å². The summed E-state index contributed by atoms with van der Waals surface area (Å²) >= 11 is 6.21. The molecule has 0 aliphatic carbocycles. The van der Waals surface area contributed by atoms with Gasteiger partial charge in [-0.3, -0.25) is 4.79 Å². The van der Waals surface area contributed by atoms with Crippen molar-refractivity contribution >= 4 is 49.5 Å². The number of rotatable bonds is 5. The Hall–Kier alpha value is -0.890. The van der Waals surface area contributed by atoms with Gasteiger partial charge in [-0.2, -0.15) is 0 Å². The van der Waals surface area contributed by atoms with Gasteiger partial charge in [-0.1, -0.05) is 37.0 Å². The third-order valence-electron chi connectivity index (χ3n) is 1.14. The predicted molar refractivity (Wildman–Crippen MR) is 64.9 cm³/mol. The minimum absolute atomic E-state index is 0.311. The molecule has 0 aromatic rings. The second-order valence-corrected chi connectivity index (χ2v) is 3.49. The quantitative estimate of drug-likeness (QED) is 0.350. The maximum Gasteiger partial charge on any atom is 0.331 e. The Morgan fingerprint density at radius 3 is 2.38 bits per heavy atom. The van der Waals surface area contributed by atoms with Crippen LogP contribution in [0, 0.1) is 0 Å². The predicted octanol–water partition coefficient (Wildman–Crippen LogP) is 1.60. The number of carbonyl (C=O) groups excluding carboxylic acids is 2. The standard InChI is InChI=1S/C8H10Br2N2O4/c1-5(13)15-11-7(3-9)8(4-10)12-16-6(2)14/h3,11H,4H2,1-2H3/b7-3?,12-8-. The highest BCUT2D eigenvalue weighted by molar-refractivity contribution is 9.11. The average Bonchev–Trinajstić information content (AvgIpc) is 2.22. The number of hydrogen-bond acceptors (Lipinski definition) is 6. The second kappa shape index (κ2) is 8.28. The van der Waals surface area contributed by atoms with E-state index in [1.54, 1.807) is 0 Å². The van der Waals surface area contributed by atoms with Crippen LogP contribution < -0.4 is 5.48 Å². The number of alkyl halides is 1. The van der Waals surface area contributed by atoms with Crippen molar-refractivity contribution in [1.29, 1.82) is 0 Å². The van der Waals surface area contributed by atoms with Gasteiger partial charge < -0.3 is 9.68 Å². The lowest BCUT2D eigenvalue weighted by Gasteiger charge is -2.08. The lowest BCUT2D eigenvalue weighted by molar-refractivity contribution is -0.146. The first kappa shape index (κ1) is 15.1. The lowest BCUT2D eigenvalue weighted by Crippen LogP contribution is -2.24. The fraction of sp³-hybridized carbons (Fsp3) is 0.375. The van der Waals surface area contributed by atoms with Crippen LogP contribution in [0.25, 0.3) is 0 Å². The van der Waals surface area contributed by atoms with Crippen LogP contribution in [0.5, 0.6) is 0 Å². The molecule has 90 valence electrons. The van der Waals surface area contributed by atoms with Crippen LogP contribution in [-0.2, 0) is 19.3 Å². The number of hydroxylamine groups is 1. The molecule has 0 aliphatic rings. The van der Waals surface area contributed by atoms with Crippen LogP contribution >= 0.6 is 31.9 Å². The number of nitrogens with zero attached hydrogens (tertiary/aromatic N) is 1. The Kier molecular flexibility index (Phi) is 7.82. The number of halogens is 2. The number of nitrogens with one attached hydrogen (secondary N) is 1. The number of carbonyl (C=O) groups is 2. The van der Waals surface area contributed by atoms with E-state index in [0.29, 0.717) is 16.7 Å². The fourth-order valence-corrected chi connectivity index (χ4v) is 1.30. The summed E-state index contributed by atoms with van der Waals surface area (Å²) in [5.41, 5.74) is 3.07. The van der Waals surface area contributed by atoms with Gasteiger partial charge in [0.25, 0.3) is 0 Å². The molecule has 0 spiro atoms. The zero-order chi connectivity index (χ0) is 12.6. The van der Waals surface area contributed by atoms with E-state index in [9.17, 15) is 9.59 Å². The highest BCUT2D eigenvalue weighted by atomic mass is 79.9. The van der Waals surface area contributed by atoms with E-state index >= 15 is 0 Å². The van der Waals surface area contributed by atoms with Crippen molar-refractivity contribution in [2.45, 2.75) is 13.8 Å². The second-order valence-electron chi connectivity index (χ2n) is 2.47. The van der Waals surface area contributed by atoms with E-state index in [-0.39, 0.29) is 0 Å². The molecule has 0 aliphatic heterocycles. The summed E-state index contributed by atoms with van der Waals surface area (Å²) in [4.78, 5) is 31.6. The minimum atomic E-state index is -0.542. The van der Waals surface area contributed by atoms with Crippen molar-refractivity contribution in [3.8, 4) is 0 Å². The zero-order valence-electron chi connectivity index (χ0n) is 8.62. The molecule has 0 saturated heterocycles. The van der Waals surface area contributed by atoms with Crippen LogP contribution in [0.15, 0.2) is 15.8 Å². The van der Waals surface area contributed by atoms with Gasteiger partial charge in [0.15, 0.2) is 0 Å². The van der Waals surface area contributed by atoms with Crippen LogP contribution in [0.3, 0.4) is 0 Å². The number of oxime groups is 1. The normalized spacial score (nSPS) is 12.0. The molecule has 0 bridgehead atoms. The first-order valence-corrected chi connectivity index (χ1v) is 6.09. The molecule has 0 aromatic heterocycles. The Bertz CT molecular complexity index is 328. The molecule has 16 heavy (non-hydrogen) atoms. The maximum atomic E-state index is 10.6. The van der Waals surface area contributed by atoms with Crippen molar-refractivity contribution < 1.29 is 19.3 Å². The van der Waals surface area contributed by atoms with Crippen molar-refractivity contribution in [3.05, 3.63) is 10.7 Å². The summed E-state index contributed by atoms with van der Waals surface area (Å²) in [5.74, 6) is -1.05. The molecule has 6 nitrogen and oxygen atoms in total. The van der Waals surface area contributed by atoms with Crippen molar-refractivity contribution in [2.75, 3.05) is 5.33 Å². The largest absolute Gasteiger partial charge is 0.344 e. The van der Waals surface area contributed by atoms with Gasteiger partial charge >= 0.3 is 11.9 Å². The van der Waals surface area contributed by atoms with Gasteiger partial charge in [-0.05, 0) is 0 Å². The van der Waals surface area contributed by atoms with E-state index in [0.717, 1.165) is 0 Å². The summed E-state index contributed by atoms with van der Waals surface area (Å²) < 4.78 is 0. The van der Waals surface area contributed by atoms with Crippen molar-refractivity contribution in [2.24, 2.45) is 5.16 Å². The molecule has 0 saturated carbocycles. The molecule has 1 N–H and O–H groups in total. The molecule has 8 heteroatoms. The Morgan fingerprint density at radius 2 is 2.00 bits per heavy atom. The zero-order valence-corrected chi connectivity index (χ0v) is 11.8. The topological polar surface area (TPSA) is 77.0 Å². The van der Waals surface area contributed by atoms with Crippen LogP contribution in [-0.4, -0.2) is 23.0 Å².